The number of hydrogen-bond acceptors (Lipinski definition) is 2. The third-order valence-electron chi connectivity index (χ3n) is 5.46. The molecule has 0 amide bonds. The molecule has 2 saturated heterocycles. The number of nitrogens with one attached hydrogen (secondary N) is 1. The maximum atomic E-state index is 3.92. The first-order valence-corrected chi connectivity index (χ1v) is 7.74. The molecule has 3 fully saturated rings. The Morgan fingerprint density at radius 1 is 1.06 bits per heavy atom. The topological polar surface area (TPSA) is 15.3 Å². The largest absolute Gasteiger partial charge is 0.312 e. The van der Waals surface area contributed by atoms with E-state index >= 15 is 0 Å². The van der Waals surface area contributed by atoms with Gasteiger partial charge in [-0.1, -0.05) is 26.2 Å². The van der Waals surface area contributed by atoms with Crippen LogP contribution in [0.15, 0.2) is 0 Å². The van der Waals surface area contributed by atoms with Gasteiger partial charge < -0.3 is 5.32 Å². The fraction of sp³-hybridized carbons (Fsp3) is 1.00. The minimum absolute atomic E-state index is 0.613. The molecule has 2 heteroatoms. The summed E-state index contributed by atoms with van der Waals surface area (Å²) in [4.78, 5) is 2.73. The first-order valence-electron chi connectivity index (χ1n) is 7.74. The quantitative estimate of drug-likeness (QED) is 0.810. The lowest BCUT2D eigenvalue weighted by Gasteiger charge is -2.34. The highest BCUT2D eigenvalue weighted by Gasteiger charge is 2.37. The third kappa shape index (κ3) is 2.53. The van der Waals surface area contributed by atoms with Gasteiger partial charge in [-0.25, -0.2) is 0 Å². The van der Waals surface area contributed by atoms with E-state index in [4.69, 9.17) is 0 Å². The molecule has 1 N–H and O–H groups in total. The van der Waals surface area contributed by atoms with Crippen LogP contribution < -0.4 is 5.32 Å². The molecule has 2 aliphatic heterocycles. The lowest BCUT2D eigenvalue weighted by atomic mass is 9.88. The molecule has 2 atom stereocenters. The van der Waals surface area contributed by atoms with Crippen molar-refractivity contribution in [2.45, 2.75) is 70.4 Å². The number of rotatable bonds is 3. The van der Waals surface area contributed by atoms with E-state index in [1.807, 2.05) is 0 Å². The number of piperidine rings is 1. The summed E-state index contributed by atoms with van der Waals surface area (Å²) in [7, 11) is 0. The molecule has 2 heterocycles. The highest BCUT2D eigenvalue weighted by molar-refractivity contribution is 4.95. The summed E-state index contributed by atoms with van der Waals surface area (Å²) in [6.07, 6.45) is 11.5. The molecule has 98 valence electrons. The summed E-state index contributed by atoms with van der Waals surface area (Å²) >= 11 is 0. The molecule has 0 aromatic heterocycles. The lowest BCUT2D eigenvalue weighted by molar-refractivity contribution is 0.173. The van der Waals surface area contributed by atoms with Crippen molar-refractivity contribution in [1.82, 2.24) is 10.2 Å². The van der Waals surface area contributed by atoms with E-state index in [-0.39, 0.29) is 0 Å². The Morgan fingerprint density at radius 2 is 1.88 bits per heavy atom. The van der Waals surface area contributed by atoms with Crippen LogP contribution in [0.5, 0.6) is 0 Å². The first kappa shape index (κ1) is 12.0. The Hall–Kier alpha value is -0.0800. The van der Waals surface area contributed by atoms with Crippen LogP contribution >= 0.6 is 0 Å². The van der Waals surface area contributed by atoms with Gasteiger partial charge in [0.15, 0.2) is 0 Å². The number of nitrogens with zero attached hydrogens (tertiary/aromatic N) is 1. The van der Waals surface area contributed by atoms with E-state index in [2.05, 4.69) is 17.1 Å². The van der Waals surface area contributed by atoms with E-state index in [0.717, 1.165) is 12.1 Å². The average Bonchev–Trinajstić information content (AvgIpc) is 2.94. The molecule has 2 nitrogen and oxygen atoms in total. The standard InChI is InChI=1S/C15H28N2/c1-15(8-3-4-9-15)12-16-13-7-11-17-10-5-2-6-14(13)17/h13-14,16H,2-12H2,1H3. The van der Waals surface area contributed by atoms with Gasteiger partial charge >= 0.3 is 0 Å². The van der Waals surface area contributed by atoms with Gasteiger partial charge in [-0.2, -0.15) is 0 Å². The van der Waals surface area contributed by atoms with Crippen LogP contribution in [0, 0.1) is 5.41 Å². The molecule has 3 rings (SSSR count). The molecule has 1 saturated carbocycles. The second kappa shape index (κ2) is 4.89. The molecule has 0 radical (unpaired) electrons. The van der Waals surface area contributed by atoms with E-state index in [0.29, 0.717) is 5.41 Å². The SMILES string of the molecule is CC1(CNC2CCN3CCCCC23)CCCC1. The van der Waals surface area contributed by atoms with Gasteiger partial charge in [0.1, 0.15) is 0 Å². The summed E-state index contributed by atoms with van der Waals surface area (Å²) in [5.74, 6) is 0. The third-order valence-corrected chi connectivity index (χ3v) is 5.46. The number of hydrogen-bond donors (Lipinski definition) is 1. The van der Waals surface area contributed by atoms with Crippen LogP contribution in [0.4, 0.5) is 0 Å². The van der Waals surface area contributed by atoms with Crippen LogP contribution in [-0.2, 0) is 0 Å². The van der Waals surface area contributed by atoms with E-state index < -0.39 is 0 Å². The second-order valence-corrected chi connectivity index (χ2v) is 6.89. The maximum absolute atomic E-state index is 3.92. The van der Waals surface area contributed by atoms with Gasteiger partial charge in [0.25, 0.3) is 0 Å². The molecule has 0 aromatic carbocycles. The molecule has 17 heavy (non-hydrogen) atoms. The van der Waals surface area contributed by atoms with Gasteiger partial charge in [0.2, 0.25) is 0 Å². The van der Waals surface area contributed by atoms with Crippen molar-refractivity contribution in [3.8, 4) is 0 Å². The number of fused-ring (bicyclic) bond motifs is 1. The van der Waals surface area contributed by atoms with Gasteiger partial charge in [0.05, 0.1) is 0 Å². The Kier molecular flexibility index (Phi) is 3.45. The summed E-state index contributed by atoms with van der Waals surface area (Å²) in [6.45, 7) is 6.46. The monoisotopic (exact) mass is 236 g/mol. The molecular formula is C15H28N2. The fourth-order valence-electron chi connectivity index (χ4n) is 4.27. The Morgan fingerprint density at radius 3 is 2.71 bits per heavy atom. The maximum Gasteiger partial charge on any atom is 0.0249 e. The predicted octanol–water partition coefficient (Wildman–Crippen LogP) is 2.78. The van der Waals surface area contributed by atoms with Crippen molar-refractivity contribution in [3.63, 3.8) is 0 Å². The zero-order valence-electron chi connectivity index (χ0n) is 11.4. The Bertz CT molecular complexity index is 258. The van der Waals surface area contributed by atoms with Crippen LogP contribution in [0.25, 0.3) is 0 Å². The van der Waals surface area contributed by atoms with Crippen molar-refractivity contribution in [2.24, 2.45) is 5.41 Å². The molecule has 0 spiro atoms. The van der Waals surface area contributed by atoms with Crippen molar-refractivity contribution in [2.75, 3.05) is 19.6 Å². The van der Waals surface area contributed by atoms with Crippen LogP contribution in [0.1, 0.15) is 58.3 Å². The highest BCUT2D eigenvalue weighted by atomic mass is 15.2. The van der Waals surface area contributed by atoms with Crippen molar-refractivity contribution in [3.05, 3.63) is 0 Å². The first-order chi connectivity index (χ1) is 8.27. The summed E-state index contributed by atoms with van der Waals surface area (Å²) < 4.78 is 0. The molecule has 1 aliphatic carbocycles. The van der Waals surface area contributed by atoms with Gasteiger partial charge in [-0.3, -0.25) is 4.90 Å². The van der Waals surface area contributed by atoms with Gasteiger partial charge in [-0.15, -0.1) is 0 Å². The lowest BCUT2D eigenvalue weighted by Crippen LogP contribution is -2.47. The van der Waals surface area contributed by atoms with Gasteiger partial charge in [-0.05, 0) is 44.1 Å². The minimum atomic E-state index is 0.613. The van der Waals surface area contributed by atoms with E-state index in [1.165, 1.54) is 71.0 Å². The van der Waals surface area contributed by atoms with Crippen molar-refractivity contribution < 1.29 is 0 Å². The smallest absolute Gasteiger partial charge is 0.0249 e. The zero-order valence-corrected chi connectivity index (χ0v) is 11.4. The summed E-state index contributed by atoms with van der Waals surface area (Å²) in [5, 5.41) is 3.92. The molecule has 3 aliphatic rings. The van der Waals surface area contributed by atoms with Crippen LogP contribution in [0.3, 0.4) is 0 Å². The van der Waals surface area contributed by atoms with Gasteiger partial charge in [0, 0.05) is 25.2 Å². The second-order valence-electron chi connectivity index (χ2n) is 6.89. The summed E-state index contributed by atoms with van der Waals surface area (Å²) in [6, 6.07) is 1.67. The molecule has 0 bridgehead atoms. The average molecular weight is 236 g/mol. The molecule has 0 aromatic rings. The molecular weight excluding hydrogens is 208 g/mol. The highest BCUT2D eigenvalue weighted by Crippen LogP contribution is 2.37. The van der Waals surface area contributed by atoms with Crippen molar-refractivity contribution in [1.29, 1.82) is 0 Å². The Labute approximate surface area is 106 Å². The molecule has 2 unspecified atom stereocenters. The summed E-state index contributed by atoms with van der Waals surface area (Å²) in [5.41, 5.74) is 0.613. The van der Waals surface area contributed by atoms with Crippen LogP contribution in [-0.4, -0.2) is 36.6 Å². The normalized spacial score (nSPS) is 37.2. The fourth-order valence-corrected chi connectivity index (χ4v) is 4.27. The zero-order chi connectivity index (χ0) is 11.7. The van der Waals surface area contributed by atoms with Crippen molar-refractivity contribution >= 4 is 0 Å². The Balaban J connectivity index is 1.51. The van der Waals surface area contributed by atoms with E-state index in [9.17, 15) is 0 Å². The van der Waals surface area contributed by atoms with Crippen LogP contribution in [0.2, 0.25) is 0 Å². The van der Waals surface area contributed by atoms with E-state index in [1.54, 1.807) is 0 Å². The predicted molar refractivity (Wildman–Crippen MR) is 72.2 cm³/mol. The minimum Gasteiger partial charge on any atom is -0.312 e.